The van der Waals surface area contributed by atoms with E-state index in [0.29, 0.717) is 5.69 Å². The summed E-state index contributed by atoms with van der Waals surface area (Å²) in [5, 5.41) is 7.20. The predicted octanol–water partition coefficient (Wildman–Crippen LogP) is 3.25. The lowest BCUT2D eigenvalue weighted by Gasteiger charge is -2.16. The first-order chi connectivity index (χ1) is 15.0. The largest absolute Gasteiger partial charge is 0.366 e. The first-order valence-corrected chi connectivity index (χ1v) is 11.4. The Balaban J connectivity index is 1.73. The van der Waals surface area contributed by atoms with Crippen molar-refractivity contribution < 1.29 is 18.0 Å². The molecule has 1 aromatic heterocycles. The number of anilines is 2. The van der Waals surface area contributed by atoms with Crippen LogP contribution in [-0.4, -0.2) is 30.0 Å². The zero-order valence-corrected chi connectivity index (χ0v) is 19.2. The number of nitrogens with two attached hydrogens (primary N) is 1. The number of primary amides is 1. The van der Waals surface area contributed by atoms with Gasteiger partial charge in [0.15, 0.2) is 0 Å². The fourth-order valence-electron chi connectivity index (χ4n) is 3.08. The number of nitrogens with one attached hydrogen (secondary N) is 2. The van der Waals surface area contributed by atoms with Gasteiger partial charge in [-0.25, -0.2) is 8.42 Å². The lowest BCUT2D eigenvalue weighted by Crippen LogP contribution is -2.25. The van der Waals surface area contributed by atoms with E-state index in [9.17, 15) is 18.0 Å². The Bertz CT molecular complexity index is 1290. The van der Waals surface area contributed by atoms with Crippen LogP contribution in [0, 0.1) is 13.8 Å². The molecule has 0 saturated heterocycles. The van der Waals surface area contributed by atoms with Crippen molar-refractivity contribution in [1.29, 1.82) is 0 Å². The number of aryl methyl sites for hydroxylation is 2. The molecule has 0 spiro atoms. The topological polar surface area (TPSA) is 136 Å². The molecule has 0 aliphatic carbocycles. The van der Waals surface area contributed by atoms with Crippen LogP contribution in [0.25, 0.3) is 0 Å². The number of nitrogens with zero attached hydrogens (tertiary/aromatic N) is 2. The first kappa shape index (κ1) is 23.3. The molecule has 9 nitrogen and oxygen atoms in total. The highest BCUT2D eigenvalue weighted by molar-refractivity contribution is 7.92. The van der Waals surface area contributed by atoms with E-state index in [1.165, 1.54) is 42.5 Å². The van der Waals surface area contributed by atoms with Gasteiger partial charge >= 0.3 is 0 Å². The molecule has 0 saturated carbocycles. The summed E-state index contributed by atoms with van der Waals surface area (Å²) >= 11 is 6.27. The van der Waals surface area contributed by atoms with Crippen molar-refractivity contribution in [2.24, 2.45) is 5.73 Å². The van der Waals surface area contributed by atoms with Crippen molar-refractivity contribution in [3.8, 4) is 0 Å². The maximum Gasteiger partial charge on any atom is 0.261 e. The second kappa shape index (κ2) is 9.01. The number of carbonyl (C=O) groups excluding carboxylic acids is 2. The molecule has 0 radical (unpaired) electrons. The summed E-state index contributed by atoms with van der Waals surface area (Å²) in [5.41, 5.74) is 7.56. The molecular formula is C21H22ClN5O4S. The number of sulfonamides is 1. The molecule has 2 aromatic carbocycles. The van der Waals surface area contributed by atoms with Gasteiger partial charge in [-0.1, -0.05) is 11.6 Å². The second-order valence-corrected chi connectivity index (χ2v) is 9.32. The molecule has 0 aliphatic rings. The standard InChI is InChI=1S/C21H22ClN5O4S/c1-12-10-13(2)27(25-12)14(3)21(29)24-19-9-6-16(11-18(19)22)26-32(30,31)17-7-4-15(5-8-17)20(23)28/h4-11,14,26H,1-3H3,(H2,23,28)(H,24,29). The van der Waals surface area contributed by atoms with Crippen molar-refractivity contribution >= 4 is 44.8 Å². The fraction of sp³-hybridized carbons (Fsp3) is 0.190. The van der Waals surface area contributed by atoms with Crippen LogP contribution in [0.5, 0.6) is 0 Å². The monoisotopic (exact) mass is 475 g/mol. The molecule has 0 bridgehead atoms. The van der Waals surface area contributed by atoms with Gasteiger partial charge in [0.05, 0.1) is 27.0 Å². The minimum atomic E-state index is -3.92. The van der Waals surface area contributed by atoms with Crippen LogP contribution in [0.4, 0.5) is 11.4 Å². The second-order valence-electron chi connectivity index (χ2n) is 7.23. The Kier molecular flexibility index (Phi) is 6.56. The number of hydrogen-bond acceptors (Lipinski definition) is 5. The van der Waals surface area contributed by atoms with Crippen LogP contribution in [-0.2, 0) is 14.8 Å². The summed E-state index contributed by atoms with van der Waals surface area (Å²) in [6.45, 7) is 5.42. The van der Waals surface area contributed by atoms with Crippen molar-refractivity contribution in [2.75, 3.05) is 10.0 Å². The minimum absolute atomic E-state index is 0.0466. The lowest BCUT2D eigenvalue weighted by molar-refractivity contribution is -0.119. The third-order valence-corrected chi connectivity index (χ3v) is 6.43. The lowest BCUT2D eigenvalue weighted by atomic mass is 10.2. The van der Waals surface area contributed by atoms with Gasteiger partial charge in [0.2, 0.25) is 11.8 Å². The Morgan fingerprint density at radius 1 is 1.09 bits per heavy atom. The zero-order chi connectivity index (χ0) is 23.6. The van der Waals surface area contributed by atoms with Crippen LogP contribution in [0.3, 0.4) is 0 Å². The van der Waals surface area contributed by atoms with Crippen molar-refractivity contribution in [3.05, 3.63) is 70.5 Å². The highest BCUT2D eigenvalue weighted by Crippen LogP contribution is 2.28. The highest BCUT2D eigenvalue weighted by Gasteiger charge is 2.20. The molecule has 11 heteroatoms. The maximum absolute atomic E-state index is 12.6. The average Bonchev–Trinajstić information content (AvgIpc) is 3.07. The SMILES string of the molecule is Cc1cc(C)n(C(C)C(=O)Nc2ccc(NS(=O)(=O)c3ccc(C(N)=O)cc3)cc2Cl)n1. The highest BCUT2D eigenvalue weighted by atomic mass is 35.5. The molecule has 4 N–H and O–H groups in total. The van der Waals surface area contributed by atoms with Gasteiger partial charge in [-0.05, 0) is 69.3 Å². The third kappa shape index (κ3) is 5.09. The minimum Gasteiger partial charge on any atom is -0.366 e. The number of rotatable bonds is 7. The van der Waals surface area contributed by atoms with Crippen LogP contribution < -0.4 is 15.8 Å². The molecule has 1 unspecified atom stereocenters. The molecule has 0 fully saturated rings. The van der Waals surface area contributed by atoms with Crippen LogP contribution in [0.1, 0.15) is 34.7 Å². The van der Waals surface area contributed by atoms with Gasteiger partial charge in [-0.15, -0.1) is 0 Å². The number of hydrogen-bond donors (Lipinski definition) is 3. The summed E-state index contributed by atoms with van der Waals surface area (Å²) in [6.07, 6.45) is 0. The number of halogens is 1. The number of amides is 2. The van der Waals surface area contributed by atoms with Gasteiger partial charge in [-0.3, -0.25) is 19.0 Å². The molecule has 2 amide bonds. The molecule has 1 heterocycles. The van der Waals surface area contributed by atoms with Gasteiger partial charge in [-0.2, -0.15) is 5.10 Å². The van der Waals surface area contributed by atoms with E-state index < -0.39 is 22.0 Å². The normalized spacial score (nSPS) is 12.2. The van der Waals surface area contributed by atoms with Crippen molar-refractivity contribution in [1.82, 2.24) is 9.78 Å². The van der Waals surface area contributed by atoms with Gasteiger partial charge in [0.1, 0.15) is 6.04 Å². The van der Waals surface area contributed by atoms with E-state index in [2.05, 4.69) is 15.1 Å². The summed E-state index contributed by atoms with van der Waals surface area (Å²) in [4.78, 5) is 23.7. The van der Waals surface area contributed by atoms with Crippen molar-refractivity contribution in [2.45, 2.75) is 31.7 Å². The van der Waals surface area contributed by atoms with Crippen LogP contribution >= 0.6 is 11.6 Å². The number of carbonyl (C=O) groups is 2. The van der Waals surface area contributed by atoms with E-state index in [-0.39, 0.29) is 27.1 Å². The van der Waals surface area contributed by atoms with E-state index in [1.807, 2.05) is 19.9 Å². The number of aromatic nitrogens is 2. The van der Waals surface area contributed by atoms with E-state index in [1.54, 1.807) is 11.6 Å². The van der Waals surface area contributed by atoms with Gasteiger partial charge in [0.25, 0.3) is 10.0 Å². The average molecular weight is 476 g/mol. The predicted molar refractivity (Wildman–Crippen MR) is 122 cm³/mol. The molecule has 168 valence electrons. The smallest absolute Gasteiger partial charge is 0.261 e. The Morgan fingerprint density at radius 3 is 2.28 bits per heavy atom. The van der Waals surface area contributed by atoms with Gasteiger partial charge < -0.3 is 11.1 Å². The Hall–Kier alpha value is -3.37. The third-order valence-electron chi connectivity index (χ3n) is 4.72. The fourth-order valence-corrected chi connectivity index (χ4v) is 4.36. The Morgan fingerprint density at radius 2 is 1.75 bits per heavy atom. The molecule has 3 aromatic rings. The first-order valence-electron chi connectivity index (χ1n) is 9.54. The van der Waals surface area contributed by atoms with E-state index in [4.69, 9.17) is 17.3 Å². The number of benzene rings is 2. The zero-order valence-electron chi connectivity index (χ0n) is 17.6. The van der Waals surface area contributed by atoms with Crippen LogP contribution in [0.15, 0.2) is 53.4 Å². The van der Waals surface area contributed by atoms with Gasteiger partial charge in [0, 0.05) is 11.3 Å². The quantitative estimate of drug-likeness (QED) is 0.481. The summed E-state index contributed by atoms with van der Waals surface area (Å²) < 4.78 is 29.2. The van der Waals surface area contributed by atoms with Crippen LogP contribution in [0.2, 0.25) is 5.02 Å². The van der Waals surface area contributed by atoms with Crippen molar-refractivity contribution in [3.63, 3.8) is 0 Å². The maximum atomic E-state index is 12.6. The summed E-state index contributed by atoms with van der Waals surface area (Å²) in [6, 6.07) is 10.9. The molecule has 1 atom stereocenters. The summed E-state index contributed by atoms with van der Waals surface area (Å²) in [7, 11) is -3.92. The molecule has 3 rings (SSSR count). The summed E-state index contributed by atoms with van der Waals surface area (Å²) in [5.74, 6) is -0.973. The van der Waals surface area contributed by atoms with E-state index >= 15 is 0 Å². The molecular weight excluding hydrogens is 454 g/mol. The van der Waals surface area contributed by atoms with E-state index in [0.717, 1.165) is 11.4 Å². The Labute approximate surface area is 190 Å². The molecule has 0 aliphatic heterocycles. The molecule has 32 heavy (non-hydrogen) atoms.